The van der Waals surface area contributed by atoms with Gasteiger partial charge in [-0.1, -0.05) is 48.0 Å². The van der Waals surface area contributed by atoms with E-state index in [1.807, 2.05) is 87.5 Å². The number of nitrogens with zero attached hydrogens (tertiary/aromatic N) is 1. The molecule has 180 valence electrons. The first kappa shape index (κ1) is 24.1. The highest BCUT2D eigenvalue weighted by molar-refractivity contribution is 6.46. The van der Waals surface area contributed by atoms with Gasteiger partial charge < -0.3 is 19.5 Å². The minimum atomic E-state index is -0.791. The van der Waals surface area contributed by atoms with Gasteiger partial charge in [-0.05, 0) is 56.2 Å². The predicted molar refractivity (Wildman–Crippen MR) is 134 cm³/mol. The van der Waals surface area contributed by atoms with Gasteiger partial charge in [0, 0.05) is 11.1 Å². The maximum absolute atomic E-state index is 13.4. The first-order valence-corrected chi connectivity index (χ1v) is 11.6. The van der Waals surface area contributed by atoms with E-state index in [1.54, 1.807) is 7.11 Å². The zero-order chi connectivity index (χ0) is 25.1. The van der Waals surface area contributed by atoms with Gasteiger partial charge in [-0.25, -0.2) is 0 Å². The molecule has 1 saturated heterocycles. The molecule has 0 saturated carbocycles. The minimum absolute atomic E-state index is 0.0623. The molecule has 35 heavy (non-hydrogen) atoms. The van der Waals surface area contributed by atoms with Crippen molar-refractivity contribution >= 4 is 17.4 Å². The van der Waals surface area contributed by atoms with Crippen LogP contribution < -0.4 is 9.47 Å². The number of ketones is 1. The SMILES string of the molecule is CCOc1cccc(C2/C(=C(\O)c3cc(C)ccc3C)C(=O)C(=O)N2Cc2ccccc2OC)c1. The normalized spacial score (nSPS) is 17.0. The van der Waals surface area contributed by atoms with Crippen LogP contribution in [0.3, 0.4) is 0 Å². The summed E-state index contributed by atoms with van der Waals surface area (Å²) >= 11 is 0. The summed E-state index contributed by atoms with van der Waals surface area (Å²) in [4.78, 5) is 28.2. The lowest BCUT2D eigenvalue weighted by molar-refractivity contribution is -0.140. The zero-order valence-electron chi connectivity index (χ0n) is 20.4. The number of ether oxygens (including phenoxy) is 2. The topological polar surface area (TPSA) is 76.1 Å². The van der Waals surface area contributed by atoms with Crippen LogP contribution in [0, 0.1) is 13.8 Å². The second-order valence-corrected chi connectivity index (χ2v) is 8.56. The Bertz CT molecular complexity index is 1310. The van der Waals surface area contributed by atoms with Gasteiger partial charge in [-0.15, -0.1) is 0 Å². The maximum atomic E-state index is 13.4. The molecule has 3 aromatic rings. The lowest BCUT2D eigenvalue weighted by Gasteiger charge is -2.26. The van der Waals surface area contributed by atoms with Crippen LogP contribution in [0.4, 0.5) is 0 Å². The zero-order valence-corrected chi connectivity index (χ0v) is 20.4. The van der Waals surface area contributed by atoms with E-state index in [0.717, 1.165) is 16.7 Å². The monoisotopic (exact) mass is 471 g/mol. The molecule has 3 aromatic carbocycles. The van der Waals surface area contributed by atoms with Gasteiger partial charge in [0.1, 0.15) is 17.3 Å². The number of carbonyl (C=O) groups is 2. The minimum Gasteiger partial charge on any atom is -0.507 e. The van der Waals surface area contributed by atoms with Gasteiger partial charge in [-0.2, -0.15) is 0 Å². The lowest BCUT2D eigenvalue weighted by atomic mass is 9.93. The van der Waals surface area contributed by atoms with Crippen molar-refractivity contribution in [1.29, 1.82) is 0 Å². The molecule has 1 amide bonds. The van der Waals surface area contributed by atoms with Crippen LogP contribution in [0.15, 0.2) is 72.3 Å². The summed E-state index contributed by atoms with van der Waals surface area (Å²) in [5.74, 6) is -0.330. The Kier molecular flexibility index (Phi) is 6.92. The summed E-state index contributed by atoms with van der Waals surface area (Å²) in [6, 6.07) is 19.5. The number of methoxy groups -OCH3 is 1. The third kappa shape index (κ3) is 4.64. The summed E-state index contributed by atoms with van der Waals surface area (Å²) in [5, 5.41) is 11.4. The molecule has 0 spiro atoms. The van der Waals surface area contributed by atoms with Gasteiger partial charge >= 0.3 is 0 Å². The number of Topliss-reactive ketones (excluding diaryl/α,β-unsaturated/α-hetero) is 1. The van der Waals surface area contributed by atoms with Crippen molar-refractivity contribution in [2.24, 2.45) is 0 Å². The molecule has 1 atom stereocenters. The largest absolute Gasteiger partial charge is 0.507 e. The molecule has 6 nitrogen and oxygen atoms in total. The van der Waals surface area contributed by atoms with E-state index < -0.39 is 17.7 Å². The third-order valence-corrected chi connectivity index (χ3v) is 6.21. The fourth-order valence-corrected chi connectivity index (χ4v) is 4.48. The van der Waals surface area contributed by atoms with E-state index in [2.05, 4.69) is 0 Å². The van der Waals surface area contributed by atoms with Crippen LogP contribution in [0.5, 0.6) is 11.5 Å². The van der Waals surface area contributed by atoms with Crippen molar-refractivity contribution in [3.05, 3.63) is 100 Å². The molecule has 1 aliphatic rings. The molecule has 1 unspecified atom stereocenters. The lowest BCUT2D eigenvalue weighted by Crippen LogP contribution is -2.29. The number of hydrogen-bond acceptors (Lipinski definition) is 5. The average molecular weight is 472 g/mol. The summed E-state index contributed by atoms with van der Waals surface area (Å²) in [6.45, 7) is 6.29. The van der Waals surface area contributed by atoms with E-state index in [9.17, 15) is 14.7 Å². The number of amides is 1. The number of likely N-dealkylation sites (tertiary alicyclic amines) is 1. The van der Waals surface area contributed by atoms with E-state index in [0.29, 0.717) is 29.2 Å². The molecule has 0 bridgehead atoms. The highest BCUT2D eigenvalue weighted by Crippen LogP contribution is 2.42. The molecule has 0 radical (unpaired) electrons. The second kappa shape index (κ2) is 10.1. The molecule has 4 rings (SSSR count). The Morgan fingerprint density at radius 2 is 1.77 bits per heavy atom. The number of aliphatic hydroxyl groups is 1. The molecule has 0 aliphatic carbocycles. The number of rotatable bonds is 7. The van der Waals surface area contributed by atoms with Crippen LogP contribution in [0.1, 0.15) is 40.8 Å². The van der Waals surface area contributed by atoms with Crippen LogP contribution in [-0.4, -0.2) is 35.4 Å². The molecular formula is C29H29NO5. The standard InChI is InChI=1S/C29H29NO5/c1-5-35-22-11-8-10-20(16-22)26-25(27(31)23-15-18(2)13-14-19(23)3)28(32)29(33)30(26)17-21-9-6-7-12-24(21)34-4/h6-16,26,31H,5,17H2,1-4H3/b27-25+. The van der Waals surface area contributed by atoms with Crippen LogP contribution in [0.25, 0.3) is 5.76 Å². The Hall–Kier alpha value is -4.06. The van der Waals surface area contributed by atoms with Crippen LogP contribution in [-0.2, 0) is 16.1 Å². The Morgan fingerprint density at radius 3 is 2.51 bits per heavy atom. The van der Waals surface area contributed by atoms with E-state index in [-0.39, 0.29) is 17.9 Å². The number of carbonyl (C=O) groups excluding carboxylic acids is 2. The summed E-state index contributed by atoms with van der Waals surface area (Å²) < 4.78 is 11.2. The number of para-hydroxylation sites is 1. The van der Waals surface area contributed by atoms with Crippen molar-refractivity contribution in [3.8, 4) is 11.5 Å². The highest BCUT2D eigenvalue weighted by Gasteiger charge is 2.46. The Labute approximate surface area is 205 Å². The highest BCUT2D eigenvalue weighted by atomic mass is 16.5. The van der Waals surface area contributed by atoms with E-state index >= 15 is 0 Å². The molecule has 1 heterocycles. The fraction of sp³-hybridized carbons (Fsp3) is 0.241. The summed E-state index contributed by atoms with van der Waals surface area (Å²) in [6.07, 6.45) is 0. The Morgan fingerprint density at radius 1 is 1.00 bits per heavy atom. The molecule has 0 aromatic heterocycles. The maximum Gasteiger partial charge on any atom is 0.295 e. The summed E-state index contributed by atoms with van der Waals surface area (Å²) in [5.41, 5.74) is 3.78. The first-order valence-electron chi connectivity index (χ1n) is 11.6. The predicted octanol–water partition coefficient (Wildman–Crippen LogP) is 5.33. The van der Waals surface area contributed by atoms with Crippen LogP contribution in [0.2, 0.25) is 0 Å². The van der Waals surface area contributed by atoms with Crippen molar-refractivity contribution < 1.29 is 24.2 Å². The van der Waals surface area contributed by atoms with Gasteiger partial charge in [0.2, 0.25) is 0 Å². The van der Waals surface area contributed by atoms with Crippen LogP contribution >= 0.6 is 0 Å². The van der Waals surface area contributed by atoms with Gasteiger partial charge in [0.05, 0.1) is 31.9 Å². The number of hydrogen-bond donors (Lipinski definition) is 1. The quantitative estimate of drug-likeness (QED) is 0.286. The van der Waals surface area contributed by atoms with Crippen molar-refractivity contribution in [3.63, 3.8) is 0 Å². The van der Waals surface area contributed by atoms with Gasteiger partial charge in [0.15, 0.2) is 0 Å². The van der Waals surface area contributed by atoms with E-state index in [4.69, 9.17) is 9.47 Å². The average Bonchev–Trinajstić information content (AvgIpc) is 3.11. The number of aliphatic hydroxyl groups excluding tert-OH is 1. The molecule has 1 aliphatic heterocycles. The van der Waals surface area contributed by atoms with E-state index in [1.165, 1.54) is 4.90 Å². The van der Waals surface area contributed by atoms with Crippen molar-refractivity contribution in [2.75, 3.05) is 13.7 Å². The smallest absolute Gasteiger partial charge is 0.295 e. The second-order valence-electron chi connectivity index (χ2n) is 8.56. The van der Waals surface area contributed by atoms with Gasteiger partial charge in [0.25, 0.3) is 11.7 Å². The molecular weight excluding hydrogens is 442 g/mol. The molecule has 1 fully saturated rings. The Balaban J connectivity index is 1.91. The third-order valence-electron chi connectivity index (χ3n) is 6.21. The number of aryl methyl sites for hydroxylation is 2. The van der Waals surface area contributed by atoms with Crippen molar-refractivity contribution in [2.45, 2.75) is 33.4 Å². The van der Waals surface area contributed by atoms with Crippen molar-refractivity contribution in [1.82, 2.24) is 4.90 Å². The number of benzene rings is 3. The fourth-order valence-electron chi connectivity index (χ4n) is 4.48. The molecule has 1 N–H and O–H groups in total. The molecule has 6 heteroatoms. The first-order chi connectivity index (χ1) is 16.8. The van der Waals surface area contributed by atoms with Gasteiger partial charge in [-0.3, -0.25) is 9.59 Å². The summed E-state index contributed by atoms with van der Waals surface area (Å²) in [7, 11) is 1.57.